The van der Waals surface area contributed by atoms with E-state index < -0.39 is 23.4 Å². The fourth-order valence-electron chi connectivity index (χ4n) is 2.07. The lowest BCUT2D eigenvalue weighted by molar-refractivity contribution is -0.117. The summed E-state index contributed by atoms with van der Waals surface area (Å²) in [6.45, 7) is 3.26. The van der Waals surface area contributed by atoms with Crippen LogP contribution in [0.5, 0.6) is 0 Å². The second-order valence-electron chi connectivity index (χ2n) is 4.67. The highest BCUT2D eigenvalue weighted by molar-refractivity contribution is 5.92. The number of anilines is 1. The van der Waals surface area contributed by atoms with Crippen molar-refractivity contribution in [2.24, 2.45) is 0 Å². The zero-order chi connectivity index (χ0) is 14.5. The second kappa shape index (κ2) is 6.71. The Labute approximate surface area is 114 Å². The van der Waals surface area contributed by atoms with E-state index in [0.29, 0.717) is 18.7 Å². The number of carbonyl (C=O) groups is 1. The molecule has 2 rings (SSSR count). The van der Waals surface area contributed by atoms with E-state index in [-0.39, 0.29) is 12.2 Å². The Morgan fingerprint density at radius 1 is 1.15 bits per heavy atom. The van der Waals surface area contributed by atoms with Gasteiger partial charge in [-0.15, -0.1) is 0 Å². The maximum atomic E-state index is 13.4. The summed E-state index contributed by atoms with van der Waals surface area (Å²) in [5, 5.41) is 5.46. The Kier molecular flexibility index (Phi) is 4.97. The van der Waals surface area contributed by atoms with Crippen molar-refractivity contribution < 1.29 is 18.0 Å². The Morgan fingerprint density at radius 3 is 2.70 bits per heavy atom. The van der Waals surface area contributed by atoms with Crippen LogP contribution in [-0.4, -0.2) is 43.5 Å². The fraction of sp³-hybridized carbons (Fsp3) is 0.462. The summed E-state index contributed by atoms with van der Waals surface area (Å²) in [5.41, 5.74) is -0.346. The number of amides is 1. The van der Waals surface area contributed by atoms with Crippen LogP contribution in [0.3, 0.4) is 0 Å². The quantitative estimate of drug-likeness (QED) is 0.825. The summed E-state index contributed by atoms with van der Waals surface area (Å²) < 4.78 is 39.2. The molecule has 0 radical (unpaired) electrons. The summed E-state index contributed by atoms with van der Waals surface area (Å²) in [5.74, 6) is -3.91. The van der Waals surface area contributed by atoms with Crippen LogP contribution >= 0.6 is 0 Å². The van der Waals surface area contributed by atoms with E-state index in [1.54, 1.807) is 0 Å². The highest BCUT2D eigenvalue weighted by atomic mass is 19.2. The zero-order valence-electron chi connectivity index (χ0n) is 10.9. The molecule has 1 heterocycles. The second-order valence-corrected chi connectivity index (χ2v) is 4.67. The van der Waals surface area contributed by atoms with Crippen molar-refractivity contribution >= 4 is 11.6 Å². The molecule has 0 aromatic heterocycles. The molecule has 1 aliphatic rings. The number of nitrogens with one attached hydrogen (secondary N) is 2. The average Bonchev–Trinajstić information content (AvgIpc) is 2.64. The van der Waals surface area contributed by atoms with E-state index in [1.807, 2.05) is 4.90 Å². The summed E-state index contributed by atoms with van der Waals surface area (Å²) in [6.07, 6.45) is 0.923. The first-order chi connectivity index (χ1) is 9.56. The highest BCUT2D eigenvalue weighted by Gasteiger charge is 2.15. The molecule has 1 amide bonds. The molecular formula is C13H16F3N3O. The van der Waals surface area contributed by atoms with Gasteiger partial charge < -0.3 is 10.6 Å². The van der Waals surface area contributed by atoms with E-state index in [0.717, 1.165) is 26.1 Å². The molecule has 1 fully saturated rings. The Hall–Kier alpha value is -1.60. The van der Waals surface area contributed by atoms with Crippen LogP contribution < -0.4 is 10.6 Å². The van der Waals surface area contributed by atoms with E-state index in [9.17, 15) is 18.0 Å². The first kappa shape index (κ1) is 14.8. The molecule has 1 aliphatic heterocycles. The molecule has 0 atom stereocenters. The van der Waals surface area contributed by atoms with Crippen molar-refractivity contribution in [2.75, 3.05) is 38.0 Å². The lowest BCUT2D eigenvalue weighted by Gasteiger charge is -2.18. The molecule has 0 aliphatic carbocycles. The Balaban J connectivity index is 1.95. The molecule has 4 nitrogen and oxygen atoms in total. The van der Waals surface area contributed by atoms with Gasteiger partial charge in [-0.1, -0.05) is 0 Å². The third-order valence-corrected chi connectivity index (χ3v) is 3.08. The van der Waals surface area contributed by atoms with Gasteiger partial charge in [0.15, 0.2) is 11.6 Å². The van der Waals surface area contributed by atoms with Gasteiger partial charge in [0.1, 0.15) is 5.82 Å². The van der Waals surface area contributed by atoms with Gasteiger partial charge in [-0.25, -0.2) is 13.2 Å². The molecule has 1 saturated heterocycles. The van der Waals surface area contributed by atoms with Gasteiger partial charge in [-0.2, -0.15) is 0 Å². The van der Waals surface area contributed by atoms with Crippen LogP contribution in [0.15, 0.2) is 12.1 Å². The highest BCUT2D eigenvalue weighted by Crippen LogP contribution is 2.18. The van der Waals surface area contributed by atoms with E-state index >= 15 is 0 Å². The molecule has 2 N–H and O–H groups in total. The van der Waals surface area contributed by atoms with Crippen molar-refractivity contribution in [1.29, 1.82) is 0 Å². The third kappa shape index (κ3) is 3.94. The summed E-state index contributed by atoms with van der Waals surface area (Å²) in [7, 11) is 0. The Bertz CT molecular complexity index is 488. The van der Waals surface area contributed by atoms with Crippen LogP contribution in [0.25, 0.3) is 0 Å². The van der Waals surface area contributed by atoms with Gasteiger partial charge in [0, 0.05) is 25.2 Å². The molecule has 20 heavy (non-hydrogen) atoms. The predicted molar refractivity (Wildman–Crippen MR) is 68.9 cm³/mol. The maximum absolute atomic E-state index is 13.4. The summed E-state index contributed by atoms with van der Waals surface area (Å²) in [4.78, 5) is 13.7. The number of halogens is 3. The van der Waals surface area contributed by atoms with Crippen molar-refractivity contribution in [1.82, 2.24) is 10.2 Å². The monoisotopic (exact) mass is 287 g/mol. The molecule has 1 aromatic carbocycles. The van der Waals surface area contributed by atoms with Crippen LogP contribution in [0.1, 0.15) is 6.42 Å². The van der Waals surface area contributed by atoms with Crippen molar-refractivity contribution in [3.63, 3.8) is 0 Å². The topological polar surface area (TPSA) is 44.4 Å². The zero-order valence-corrected chi connectivity index (χ0v) is 10.9. The van der Waals surface area contributed by atoms with Crippen LogP contribution in [-0.2, 0) is 4.79 Å². The molecule has 0 saturated carbocycles. The molecule has 0 unspecified atom stereocenters. The minimum Gasteiger partial charge on any atom is -0.322 e. The average molecular weight is 287 g/mol. The molecule has 110 valence electrons. The predicted octanol–water partition coefficient (Wildman–Crippen LogP) is 1.34. The van der Waals surface area contributed by atoms with Gasteiger partial charge in [-0.3, -0.25) is 9.69 Å². The smallest absolute Gasteiger partial charge is 0.238 e. The van der Waals surface area contributed by atoms with E-state index in [1.165, 1.54) is 0 Å². The molecule has 0 spiro atoms. The van der Waals surface area contributed by atoms with Gasteiger partial charge in [-0.05, 0) is 19.5 Å². The third-order valence-electron chi connectivity index (χ3n) is 3.08. The van der Waals surface area contributed by atoms with E-state index in [2.05, 4.69) is 10.6 Å². The number of benzene rings is 1. The van der Waals surface area contributed by atoms with Gasteiger partial charge in [0.25, 0.3) is 0 Å². The minimum absolute atomic E-state index is 0.0973. The van der Waals surface area contributed by atoms with Crippen molar-refractivity contribution in [3.05, 3.63) is 29.6 Å². The number of hydrogen-bond acceptors (Lipinski definition) is 3. The minimum atomic E-state index is -1.28. The van der Waals surface area contributed by atoms with E-state index in [4.69, 9.17) is 0 Å². The fourth-order valence-corrected chi connectivity index (χ4v) is 2.07. The molecule has 0 bridgehead atoms. The van der Waals surface area contributed by atoms with Gasteiger partial charge in [0.05, 0.1) is 12.2 Å². The van der Waals surface area contributed by atoms with Gasteiger partial charge >= 0.3 is 0 Å². The Morgan fingerprint density at radius 2 is 1.90 bits per heavy atom. The number of carbonyl (C=O) groups excluding carboxylic acids is 1. The number of rotatable bonds is 3. The standard InChI is InChI=1S/C13H16F3N3O/c14-9-6-11(16)12(7-10(9)15)18-13(20)8-19-4-1-2-17-3-5-19/h6-7,17H,1-5,8H2,(H,18,20). The number of hydrogen-bond donors (Lipinski definition) is 2. The molecule has 7 heteroatoms. The van der Waals surface area contributed by atoms with Crippen LogP contribution in [0, 0.1) is 17.5 Å². The first-order valence-corrected chi connectivity index (χ1v) is 6.44. The number of nitrogens with zero attached hydrogens (tertiary/aromatic N) is 1. The summed E-state index contributed by atoms with van der Waals surface area (Å²) in [6, 6.07) is 1.06. The van der Waals surface area contributed by atoms with Gasteiger partial charge in [0.2, 0.25) is 5.91 Å². The first-order valence-electron chi connectivity index (χ1n) is 6.44. The van der Waals surface area contributed by atoms with Crippen LogP contribution in [0.4, 0.5) is 18.9 Å². The van der Waals surface area contributed by atoms with Crippen molar-refractivity contribution in [3.8, 4) is 0 Å². The molecular weight excluding hydrogens is 271 g/mol. The summed E-state index contributed by atoms with van der Waals surface area (Å²) >= 11 is 0. The normalized spacial score (nSPS) is 16.8. The SMILES string of the molecule is O=C(CN1CCCNCC1)Nc1cc(F)c(F)cc1F. The van der Waals surface area contributed by atoms with Crippen molar-refractivity contribution in [2.45, 2.75) is 6.42 Å². The lowest BCUT2D eigenvalue weighted by atomic mass is 10.2. The molecule has 1 aromatic rings. The maximum Gasteiger partial charge on any atom is 0.238 e. The largest absolute Gasteiger partial charge is 0.322 e. The van der Waals surface area contributed by atoms with Crippen LogP contribution in [0.2, 0.25) is 0 Å². The lowest BCUT2D eigenvalue weighted by Crippen LogP contribution is -2.35.